The van der Waals surface area contributed by atoms with Gasteiger partial charge in [0, 0.05) is 0 Å². The van der Waals surface area contributed by atoms with Gasteiger partial charge in [-0.2, -0.15) is 0 Å². The van der Waals surface area contributed by atoms with Crippen LogP contribution in [0.2, 0.25) is 18.1 Å². The van der Waals surface area contributed by atoms with Crippen molar-refractivity contribution in [1.82, 2.24) is 4.57 Å². The van der Waals surface area contributed by atoms with Crippen LogP contribution in [0, 0.1) is 0 Å². The van der Waals surface area contributed by atoms with E-state index >= 15 is 0 Å². The minimum atomic E-state index is -1.36. The molecule has 0 aromatic carbocycles. The molecule has 1 unspecified atom stereocenters. The maximum absolute atomic E-state index is 10.2. The van der Waals surface area contributed by atoms with Crippen molar-refractivity contribution in [2.24, 2.45) is 4.99 Å². The summed E-state index contributed by atoms with van der Waals surface area (Å²) >= 11 is 0. The molecule has 0 aliphatic heterocycles. The highest BCUT2D eigenvalue weighted by Crippen LogP contribution is 2.25. The molecule has 0 radical (unpaired) electrons. The van der Waals surface area contributed by atoms with Gasteiger partial charge in [-0.05, 0) is 39.2 Å². The van der Waals surface area contributed by atoms with Crippen LogP contribution in [0.15, 0.2) is 4.99 Å². The van der Waals surface area contributed by atoms with Crippen LogP contribution in [0.25, 0.3) is 0 Å². The molecular weight excluding hydrogens is 192 g/mol. The van der Waals surface area contributed by atoms with Crippen molar-refractivity contribution in [3.05, 3.63) is 0 Å². The van der Waals surface area contributed by atoms with E-state index in [2.05, 4.69) is 37.5 Å². The monoisotopic (exact) mass is 214 g/mol. The Kier molecular flexibility index (Phi) is 5.92. The maximum atomic E-state index is 10.2. The fourth-order valence-corrected chi connectivity index (χ4v) is 5.94. The van der Waals surface area contributed by atoms with Crippen molar-refractivity contribution >= 4 is 14.3 Å². The van der Waals surface area contributed by atoms with Crippen molar-refractivity contribution in [3.8, 4) is 0 Å². The van der Waals surface area contributed by atoms with E-state index in [0.29, 0.717) is 0 Å². The van der Waals surface area contributed by atoms with Gasteiger partial charge in [-0.3, -0.25) is 0 Å². The van der Waals surface area contributed by atoms with Crippen LogP contribution in [-0.2, 0) is 4.79 Å². The summed E-state index contributed by atoms with van der Waals surface area (Å²) in [5.74, 6) is 0. The number of nitrogens with zero attached hydrogens (tertiary/aromatic N) is 2. The average Bonchev–Trinajstić information content (AvgIpc) is 2.14. The molecule has 14 heavy (non-hydrogen) atoms. The molecule has 0 fully saturated rings. The molecule has 0 bridgehead atoms. The van der Waals surface area contributed by atoms with E-state index < -0.39 is 8.24 Å². The van der Waals surface area contributed by atoms with Gasteiger partial charge in [-0.15, -0.1) is 0 Å². The van der Waals surface area contributed by atoms with Crippen molar-refractivity contribution in [2.45, 2.75) is 44.9 Å². The lowest BCUT2D eigenvalue weighted by atomic mass is 10.4. The van der Waals surface area contributed by atoms with Crippen molar-refractivity contribution in [3.63, 3.8) is 0 Å². The smallest absolute Gasteiger partial charge is 0.235 e. The zero-order chi connectivity index (χ0) is 11.2. The van der Waals surface area contributed by atoms with E-state index in [9.17, 15) is 4.79 Å². The van der Waals surface area contributed by atoms with Gasteiger partial charge in [0.25, 0.3) is 0 Å². The van der Waals surface area contributed by atoms with Gasteiger partial charge in [-0.25, -0.2) is 9.79 Å². The Morgan fingerprint density at radius 1 is 1.36 bits per heavy atom. The van der Waals surface area contributed by atoms with E-state index in [0.717, 1.165) is 6.04 Å². The first-order chi connectivity index (χ1) is 6.52. The minimum Gasteiger partial charge on any atom is -0.329 e. The zero-order valence-electron chi connectivity index (χ0n) is 10.0. The third-order valence-corrected chi connectivity index (χ3v) is 9.09. The van der Waals surface area contributed by atoms with Crippen LogP contribution in [-0.4, -0.2) is 39.0 Å². The topological polar surface area (TPSA) is 32.7 Å². The third-order valence-electron chi connectivity index (χ3n) is 3.21. The zero-order valence-corrected chi connectivity index (χ0v) is 11.0. The number of hydrogen-bond acceptors (Lipinski definition) is 3. The number of carbonyl (C=O) groups excluding carboxylic acids is 1. The molecule has 0 aromatic heterocycles. The molecule has 1 atom stereocenters. The molecule has 0 rings (SSSR count). The third kappa shape index (κ3) is 3.37. The molecule has 0 aliphatic rings. The summed E-state index contributed by atoms with van der Waals surface area (Å²) in [4.78, 5) is 13.9. The Morgan fingerprint density at radius 3 is 2.14 bits per heavy atom. The maximum Gasteiger partial charge on any atom is 0.235 e. The van der Waals surface area contributed by atoms with Crippen LogP contribution < -0.4 is 0 Å². The van der Waals surface area contributed by atoms with Gasteiger partial charge in [0.2, 0.25) is 6.08 Å². The molecule has 3 nitrogen and oxygen atoms in total. The lowest BCUT2D eigenvalue weighted by Crippen LogP contribution is -2.49. The summed E-state index contributed by atoms with van der Waals surface area (Å²) in [6.45, 7) is 6.49. The van der Waals surface area contributed by atoms with Gasteiger partial charge >= 0.3 is 0 Å². The summed E-state index contributed by atoms with van der Waals surface area (Å²) < 4.78 is 2.38. The SMILES string of the molecule is CC[Si](CC)(CC(C)N=C=O)N(C)C. The number of aliphatic imine (C=N–C) groups is 1. The normalized spacial score (nSPS) is 13.9. The molecule has 0 amide bonds. The molecule has 0 N–H and O–H groups in total. The Bertz CT molecular complexity index is 208. The minimum absolute atomic E-state index is 0.126. The Labute approximate surface area is 88.3 Å². The van der Waals surface area contributed by atoms with E-state index in [1.165, 1.54) is 12.1 Å². The molecule has 0 saturated heterocycles. The van der Waals surface area contributed by atoms with E-state index in [4.69, 9.17) is 0 Å². The van der Waals surface area contributed by atoms with Gasteiger partial charge in [0.15, 0.2) is 0 Å². The lowest BCUT2D eigenvalue weighted by molar-refractivity contribution is 0.556. The molecule has 82 valence electrons. The van der Waals surface area contributed by atoms with Crippen LogP contribution >= 0.6 is 0 Å². The Hall–Kier alpha value is -0.443. The fraction of sp³-hybridized carbons (Fsp3) is 0.900. The summed E-state index contributed by atoms with van der Waals surface area (Å²) in [5.41, 5.74) is 0. The molecular formula is C10H22N2OSi. The summed E-state index contributed by atoms with van der Waals surface area (Å²) in [5, 5.41) is 0. The summed E-state index contributed by atoms with van der Waals surface area (Å²) in [6, 6.07) is 3.62. The fourth-order valence-electron chi connectivity index (χ4n) is 2.04. The van der Waals surface area contributed by atoms with Crippen LogP contribution in [0.1, 0.15) is 20.8 Å². The van der Waals surface area contributed by atoms with E-state index in [-0.39, 0.29) is 6.04 Å². The van der Waals surface area contributed by atoms with Gasteiger partial charge in [0.1, 0.15) is 8.24 Å². The lowest BCUT2D eigenvalue weighted by Gasteiger charge is -2.37. The molecule has 0 heterocycles. The van der Waals surface area contributed by atoms with Gasteiger partial charge in [-0.1, -0.05) is 13.8 Å². The number of rotatable bonds is 6. The second-order valence-electron chi connectivity index (χ2n) is 4.10. The predicted octanol–water partition coefficient (Wildman–Crippen LogP) is 2.26. The highest BCUT2D eigenvalue weighted by atomic mass is 28.3. The number of hydrogen-bond donors (Lipinski definition) is 0. The first kappa shape index (κ1) is 13.6. The Morgan fingerprint density at radius 2 is 1.86 bits per heavy atom. The van der Waals surface area contributed by atoms with Gasteiger partial charge < -0.3 is 4.57 Å². The van der Waals surface area contributed by atoms with Crippen molar-refractivity contribution in [1.29, 1.82) is 0 Å². The predicted molar refractivity (Wildman–Crippen MR) is 62.8 cm³/mol. The second kappa shape index (κ2) is 6.12. The quantitative estimate of drug-likeness (QED) is 0.386. The average molecular weight is 214 g/mol. The van der Waals surface area contributed by atoms with E-state index in [1.807, 2.05) is 6.92 Å². The van der Waals surface area contributed by atoms with Crippen LogP contribution in [0.3, 0.4) is 0 Å². The summed E-state index contributed by atoms with van der Waals surface area (Å²) in [6.07, 6.45) is 1.66. The van der Waals surface area contributed by atoms with Crippen LogP contribution in [0.5, 0.6) is 0 Å². The largest absolute Gasteiger partial charge is 0.329 e. The first-order valence-corrected chi connectivity index (χ1v) is 7.83. The molecule has 0 spiro atoms. The molecule has 0 saturated carbocycles. The standard InChI is InChI=1S/C10H22N2OSi/c1-6-14(7-2,12(4)5)8-10(3)11-9-13/h10H,6-8H2,1-5H3. The van der Waals surface area contributed by atoms with Gasteiger partial charge in [0.05, 0.1) is 6.04 Å². The summed E-state index contributed by atoms with van der Waals surface area (Å²) in [7, 11) is 2.94. The molecule has 0 aliphatic carbocycles. The van der Waals surface area contributed by atoms with Crippen LogP contribution in [0.4, 0.5) is 0 Å². The van der Waals surface area contributed by atoms with Crippen molar-refractivity contribution in [2.75, 3.05) is 14.1 Å². The van der Waals surface area contributed by atoms with Crippen molar-refractivity contribution < 1.29 is 4.79 Å². The first-order valence-electron chi connectivity index (χ1n) is 5.26. The highest BCUT2D eigenvalue weighted by molar-refractivity contribution is 6.77. The van der Waals surface area contributed by atoms with E-state index in [1.54, 1.807) is 6.08 Å². The highest BCUT2D eigenvalue weighted by Gasteiger charge is 2.33. The Balaban J connectivity index is 4.57. The molecule has 4 heteroatoms. The number of isocyanates is 1. The molecule has 0 aromatic rings. The second-order valence-corrected chi connectivity index (χ2v) is 9.26.